The van der Waals surface area contributed by atoms with Crippen LogP contribution in [0.25, 0.3) is 10.1 Å². The first-order valence-corrected chi connectivity index (χ1v) is 7.82. The Kier molecular flexibility index (Phi) is 4.73. The maximum absolute atomic E-state index is 10.4. The zero-order valence-electron chi connectivity index (χ0n) is 13.1. The third-order valence-electron chi connectivity index (χ3n) is 4.02. The Hall–Kier alpha value is -0.890. The molecule has 0 aliphatic heterocycles. The molecule has 1 aromatic heterocycles. The summed E-state index contributed by atoms with van der Waals surface area (Å²) in [5, 5.41) is 40.5. The van der Waals surface area contributed by atoms with Crippen LogP contribution in [0.3, 0.4) is 0 Å². The summed E-state index contributed by atoms with van der Waals surface area (Å²) in [6, 6.07) is 7.23. The molecule has 1 aromatic carbocycles. The standard InChI is InChI=1S/C14H20B2O5S/c1-13(2,17)14(3,4)21-16(20)12-11(15(18)19)9-7-5-6-8-10(9)22-12/h5-8,17-20H,1-4H3. The molecule has 5 nitrogen and oxygen atoms in total. The molecule has 1 heterocycles. The lowest BCUT2D eigenvalue weighted by Crippen LogP contribution is -2.56. The van der Waals surface area contributed by atoms with Crippen LogP contribution in [0.5, 0.6) is 0 Å². The minimum Gasteiger partial charge on any atom is -0.423 e. The van der Waals surface area contributed by atoms with Crippen molar-refractivity contribution in [2.24, 2.45) is 0 Å². The van der Waals surface area contributed by atoms with Gasteiger partial charge in [-0.25, -0.2) is 0 Å². The van der Waals surface area contributed by atoms with E-state index < -0.39 is 25.4 Å². The van der Waals surface area contributed by atoms with Crippen molar-refractivity contribution < 1.29 is 24.8 Å². The van der Waals surface area contributed by atoms with Gasteiger partial charge in [0.15, 0.2) is 0 Å². The highest BCUT2D eigenvalue weighted by atomic mass is 32.1. The number of hydrogen-bond donors (Lipinski definition) is 4. The summed E-state index contributed by atoms with van der Waals surface area (Å²) in [5.41, 5.74) is -1.97. The Morgan fingerprint density at radius 3 is 2.18 bits per heavy atom. The topological polar surface area (TPSA) is 90.2 Å². The summed E-state index contributed by atoms with van der Waals surface area (Å²) in [7, 11) is -3.08. The first-order valence-electron chi connectivity index (χ1n) is 7.00. The summed E-state index contributed by atoms with van der Waals surface area (Å²) < 4.78 is 6.75. The van der Waals surface area contributed by atoms with E-state index in [0.29, 0.717) is 10.2 Å². The van der Waals surface area contributed by atoms with Crippen molar-refractivity contribution in [1.29, 1.82) is 0 Å². The van der Waals surface area contributed by atoms with Gasteiger partial charge in [0.05, 0.1) is 11.2 Å². The first-order chi connectivity index (χ1) is 10.0. The van der Waals surface area contributed by atoms with Crippen molar-refractivity contribution >= 4 is 45.9 Å². The lowest BCUT2D eigenvalue weighted by Gasteiger charge is -2.38. The van der Waals surface area contributed by atoms with Crippen LogP contribution in [0.4, 0.5) is 0 Å². The van der Waals surface area contributed by atoms with E-state index in [-0.39, 0.29) is 5.46 Å². The third-order valence-corrected chi connectivity index (χ3v) is 5.24. The van der Waals surface area contributed by atoms with Crippen LogP contribution in [-0.2, 0) is 4.65 Å². The molecule has 0 spiro atoms. The van der Waals surface area contributed by atoms with Gasteiger partial charge in [0, 0.05) is 14.9 Å². The molecule has 4 N–H and O–H groups in total. The fraction of sp³-hybridized carbons (Fsp3) is 0.429. The smallest absolute Gasteiger partial charge is 0.423 e. The maximum Gasteiger partial charge on any atom is 0.501 e. The summed E-state index contributed by atoms with van der Waals surface area (Å²) in [4.78, 5) is 0. The summed E-state index contributed by atoms with van der Waals surface area (Å²) in [5.74, 6) is 0. The molecule has 0 aliphatic carbocycles. The average molecular weight is 322 g/mol. The van der Waals surface area contributed by atoms with Crippen LogP contribution in [0.15, 0.2) is 24.3 Å². The fourth-order valence-electron chi connectivity index (χ4n) is 2.01. The Morgan fingerprint density at radius 1 is 1.05 bits per heavy atom. The first kappa shape index (κ1) is 17.5. The molecule has 118 valence electrons. The third kappa shape index (κ3) is 3.22. The minimum atomic E-state index is -1.71. The van der Waals surface area contributed by atoms with Gasteiger partial charge < -0.3 is 24.8 Å². The highest BCUT2D eigenvalue weighted by Gasteiger charge is 2.41. The highest BCUT2D eigenvalue weighted by Crippen LogP contribution is 2.26. The van der Waals surface area contributed by atoms with Gasteiger partial charge in [-0.05, 0) is 39.1 Å². The van der Waals surface area contributed by atoms with Gasteiger partial charge in [-0.1, -0.05) is 18.2 Å². The summed E-state index contributed by atoms with van der Waals surface area (Å²) >= 11 is 1.24. The normalized spacial score (nSPS) is 12.7. The SMILES string of the molecule is CC(C)(O)C(C)(C)OB(O)c1sc2ccccc2c1B(O)O. The van der Waals surface area contributed by atoms with Crippen molar-refractivity contribution in [3.63, 3.8) is 0 Å². The van der Waals surface area contributed by atoms with E-state index in [1.807, 2.05) is 12.1 Å². The zero-order valence-corrected chi connectivity index (χ0v) is 13.9. The second kappa shape index (κ2) is 5.96. The number of thiophene rings is 1. The average Bonchev–Trinajstić information content (AvgIpc) is 2.76. The lowest BCUT2D eigenvalue weighted by molar-refractivity contribution is -0.0981. The van der Waals surface area contributed by atoms with E-state index in [9.17, 15) is 20.2 Å². The van der Waals surface area contributed by atoms with Gasteiger partial charge in [-0.2, -0.15) is 0 Å². The zero-order chi connectivity index (χ0) is 16.7. The van der Waals surface area contributed by atoms with E-state index >= 15 is 0 Å². The maximum atomic E-state index is 10.4. The molecule has 0 unspecified atom stereocenters. The van der Waals surface area contributed by atoms with E-state index in [2.05, 4.69) is 0 Å². The molecular formula is C14H20B2O5S. The molecule has 0 bridgehead atoms. The Balaban J connectivity index is 2.44. The van der Waals surface area contributed by atoms with Crippen molar-refractivity contribution in [3.8, 4) is 0 Å². The van der Waals surface area contributed by atoms with E-state index in [4.69, 9.17) is 4.65 Å². The molecule has 0 fully saturated rings. The van der Waals surface area contributed by atoms with Crippen molar-refractivity contribution in [3.05, 3.63) is 24.3 Å². The van der Waals surface area contributed by atoms with Crippen molar-refractivity contribution in [2.75, 3.05) is 0 Å². The molecule has 0 aliphatic rings. The fourth-order valence-corrected chi connectivity index (χ4v) is 3.16. The Bertz CT molecular complexity index is 663. The second-order valence-corrected chi connectivity index (χ2v) is 7.37. The van der Waals surface area contributed by atoms with Gasteiger partial charge in [-0.15, -0.1) is 11.3 Å². The molecule has 2 rings (SSSR count). The lowest BCUT2D eigenvalue weighted by atomic mass is 9.69. The molecule has 0 radical (unpaired) electrons. The van der Waals surface area contributed by atoms with Gasteiger partial charge in [0.2, 0.25) is 0 Å². The molecule has 22 heavy (non-hydrogen) atoms. The molecule has 8 heteroatoms. The van der Waals surface area contributed by atoms with Crippen LogP contribution in [-0.4, -0.2) is 45.6 Å². The number of benzene rings is 1. The van der Waals surface area contributed by atoms with Crippen LogP contribution in [0, 0.1) is 0 Å². The van der Waals surface area contributed by atoms with E-state index in [1.54, 1.807) is 39.8 Å². The van der Waals surface area contributed by atoms with Gasteiger partial charge in [0.25, 0.3) is 0 Å². The van der Waals surface area contributed by atoms with Crippen LogP contribution in [0.2, 0.25) is 0 Å². The largest absolute Gasteiger partial charge is 0.501 e. The van der Waals surface area contributed by atoms with Crippen LogP contribution >= 0.6 is 11.3 Å². The van der Waals surface area contributed by atoms with E-state index in [1.165, 1.54) is 11.3 Å². The number of aliphatic hydroxyl groups is 1. The molecular weight excluding hydrogens is 302 g/mol. The summed E-state index contributed by atoms with van der Waals surface area (Å²) in [6.45, 7) is 6.51. The van der Waals surface area contributed by atoms with Gasteiger partial charge >= 0.3 is 14.2 Å². The number of rotatable bonds is 5. The van der Waals surface area contributed by atoms with Crippen molar-refractivity contribution in [1.82, 2.24) is 0 Å². The molecule has 0 atom stereocenters. The Morgan fingerprint density at radius 2 is 1.64 bits per heavy atom. The second-order valence-electron chi connectivity index (χ2n) is 6.29. The van der Waals surface area contributed by atoms with Crippen molar-refractivity contribution in [2.45, 2.75) is 38.9 Å². The van der Waals surface area contributed by atoms with Crippen LogP contribution < -0.4 is 10.2 Å². The monoisotopic (exact) mass is 322 g/mol. The molecule has 0 saturated heterocycles. The summed E-state index contributed by atoms with van der Waals surface area (Å²) in [6.07, 6.45) is 0. The van der Waals surface area contributed by atoms with Gasteiger partial charge in [-0.3, -0.25) is 0 Å². The predicted molar refractivity (Wildman–Crippen MR) is 90.7 cm³/mol. The number of hydrogen-bond acceptors (Lipinski definition) is 6. The molecule has 0 amide bonds. The van der Waals surface area contributed by atoms with Crippen LogP contribution in [0.1, 0.15) is 27.7 Å². The highest BCUT2D eigenvalue weighted by molar-refractivity contribution is 7.30. The quantitative estimate of drug-likeness (QED) is 0.574. The van der Waals surface area contributed by atoms with E-state index in [0.717, 1.165) is 4.70 Å². The molecule has 0 saturated carbocycles. The minimum absolute atomic E-state index is 0.236. The van der Waals surface area contributed by atoms with Gasteiger partial charge in [0.1, 0.15) is 0 Å². The Labute approximate surface area is 134 Å². The number of fused-ring (bicyclic) bond motifs is 1. The predicted octanol–water partition coefficient (Wildman–Crippen LogP) is -0.165. The molecule has 2 aromatic rings.